The third kappa shape index (κ3) is 2.26. The van der Waals surface area contributed by atoms with Crippen molar-refractivity contribution < 1.29 is 9.53 Å². The van der Waals surface area contributed by atoms with Crippen molar-refractivity contribution in [2.24, 2.45) is 0 Å². The highest BCUT2D eigenvalue weighted by molar-refractivity contribution is 6.00. The average molecular weight is 332 g/mol. The number of aromatic nitrogens is 4. The highest BCUT2D eigenvalue weighted by Crippen LogP contribution is 2.33. The first kappa shape index (κ1) is 15.3. The van der Waals surface area contributed by atoms with E-state index in [0.717, 1.165) is 27.6 Å². The Bertz CT molecular complexity index is 1130. The molecule has 0 bridgehead atoms. The zero-order valence-electron chi connectivity index (χ0n) is 14.1. The van der Waals surface area contributed by atoms with Crippen LogP contribution in [-0.4, -0.2) is 32.9 Å². The molecule has 2 heterocycles. The van der Waals surface area contributed by atoms with Gasteiger partial charge in [0.05, 0.1) is 24.1 Å². The molecule has 0 spiro atoms. The van der Waals surface area contributed by atoms with E-state index in [1.807, 2.05) is 25.1 Å². The van der Waals surface area contributed by atoms with Crippen LogP contribution in [0.1, 0.15) is 21.9 Å². The summed E-state index contributed by atoms with van der Waals surface area (Å²) in [6.07, 6.45) is 0. The van der Waals surface area contributed by atoms with Gasteiger partial charge in [0.1, 0.15) is 0 Å². The van der Waals surface area contributed by atoms with Crippen molar-refractivity contribution in [2.75, 3.05) is 7.11 Å². The van der Waals surface area contributed by atoms with E-state index in [-0.39, 0.29) is 5.69 Å². The fraction of sp³-hybridized carbons (Fsp3) is 0.158. The number of carbonyl (C=O) groups is 1. The van der Waals surface area contributed by atoms with E-state index < -0.39 is 5.97 Å². The fourth-order valence-electron chi connectivity index (χ4n) is 3.16. The van der Waals surface area contributed by atoms with E-state index in [1.165, 1.54) is 7.11 Å². The minimum Gasteiger partial charge on any atom is -0.464 e. The van der Waals surface area contributed by atoms with Crippen LogP contribution in [0.4, 0.5) is 0 Å². The Kier molecular flexibility index (Phi) is 3.46. The first-order valence-corrected chi connectivity index (χ1v) is 7.91. The summed E-state index contributed by atoms with van der Waals surface area (Å²) in [5.74, 6) is -0.522. The quantitative estimate of drug-likeness (QED) is 0.527. The van der Waals surface area contributed by atoms with Gasteiger partial charge in [0.25, 0.3) is 0 Å². The van der Waals surface area contributed by atoms with Crippen LogP contribution >= 0.6 is 0 Å². The summed E-state index contributed by atoms with van der Waals surface area (Å²) >= 11 is 0. The number of hydrogen-bond donors (Lipinski definition) is 0. The Morgan fingerprint density at radius 2 is 1.80 bits per heavy atom. The second-order valence-corrected chi connectivity index (χ2v) is 5.85. The molecule has 0 amide bonds. The Labute approximate surface area is 144 Å². The summed E-state index contributed by atoms with van der Waals surface area (Å²) in [5.41, 5.74) is 4.19. The lowest BCUT2D eigenvalue weighted by atomic mass is 9.98. The van der Waals surface area contributed by atoms with Gasteiger partial charge in [-0.1, -0.05) is 42.5 Å². The lowest BCUT2D eigenvalue weighted by Gasteiger charge is -2.07. The molecule has 2 aromatic carbocycles. The molecule has 124 valence electrons. The summed E-state index contributed by atoms with van der Waals surface area (Å²) < 4.78 is 6.42. The molecular weight excluding hydrogens is 316 g/mol. The van der Waals surface area contributed by atoms with Crippen LogP contribution in [0.15, 0.2) is 42.5 Å². The molecule has 0 aliphatic rings. The van der Waals surface area contributed by atoms with Gasteiger partial charge >= 0.3 is 5.97 Å². The first-order chi connectivity index (χ1) is 12.1. The zero-order valence-corrected chi connectivity index (χ0v) is 14.1. The zero-order chi connectivity index (χ0) is 17.6. The summed E-state index contributed by atoms with van der Waals surface area (Å²) in [6, 6.07) is 14.3. The Hall–Kier alpha value is -3.28. The van der Waals surface area contributed by atoms with Gasteiger partial charge in [-0.3, -0.25) is 0 Å². The number of aryl methyl sites for hydroxylation is 2. The molecule has 0 saturated heterocycles. The molecule has 2 aromatic heterocycles. The standard InChI is InChI=1S/C19H16N4O2/c1-11-16(15-10-6-8-13-7-4-5-9-14(13)15)18-21-20-17(19(24)25-3)12(2)23(18)22-11/h4-10H,1-3H3. The molecule has 0 aliphatic carbocycles. The average Bonchev–Trinajstić information content (AvgIpc) is 2.98. The maximum absolute atomic E-state index is 11.8. The molecule has 0 aliphatic heterocycles. The molecule has 25 heavy (non-hydrogen) atoms. The van der Waals surface area contributed by atoms with Gasteiger partial charge in [-0.25, -0.2) is 9.31 Å². The maximum atomic E-state index is 11.8. The van der Waals surface area contributed by atoms with E-state index in [2.05, 4.69) is 39.6 Å². The molecule has 0 atom stereocenters. The largest absolute Gasteiger partial charge is 0.464 e. The van der Waals surface area contributed by atoms with E-state index in [1.54, 1.807) is 11.4 Å². The maximum Gasteiger partial charge on any atom is 0.360 e. The second-order valence-electron chi connectivity index (χ2n) is 5.85. The highest BCUT2D eigenvalue weighted by Gasteiger charge is 2.21. The van der Waals surface area contributed by atoms with Crippen LogP contribution in [0.2, 0.25) is 0 Å². The van der Waals surface area contributed by atoms with Crippen LogP contribution in [-0.2, 0) is 4.74 Å². The van der Waals surface area contributed by atoms with Crippen LogP contribution in [0, 0.1) is 13.8 Å². The molecule has 0 unspecified atom stereocenters. The van der Waals surface area contributed by atoms with Gasteiger partial charge in [0.2, 0.25) is 0 Å². The van der Waals surface area contributed by atoms with Crippen molar-refractivity contribution in [3.63, 3.8) is 0 Å². The minimum atomic E-state index is -0.522. The van der Waals surface area contributed by atoms with Gasteiger partial charge < -0.3 is 4.74 Å². The van der Waals surface area contributed by atoms with E-state index >= 15 is 0 Å². The smallest absolute Gasteiger partial charge is 0.360 e. The topological polar surface area (TPSA) is 69.4 Å². The van der Waals surface area contributed by atoms with Crippen LogP contribution < -0.4 is 0 Å². The molecule has 0 radical (unpaired) electrons. The summed E-state index contributed by atoms with van der Waals surface area (Å²) in [4.78, 5) is 11.8. The number of nitrogens with zero attached hydrogens (tertiary/aromatic N) is 4. The normalized spacial score (nSPS) is 11.2. The van der Waals surface area contributed by atoms with Gasteiger partial charge in [-0.15, -0.1) is 10.2 Å². The molecular formula is C19H16N4O2. The second kappa shape index (κ2) is 5.66. The molecule has 0 saturated carbocycles. The van der Waals surface area contributed by atoms with Crippen molar-refractivity contribution >= 4 is 22.4 Å². The monoisotopic (exact) mass is 332 g/mol. The Morgan fingerprint density at radius 3 is 2.60 bits per heavy atom. The van der Waals surface area contributed by atoms with Crippen LogP contribution in [0.3, 0.4) is 0 Å². The number of hydrogen-bond acceptors (Lipinski definition) is 5. The molecule has 0 fully saturated rings. The SMILES string of the molecule is COC(=O)c1nnc2c(-c3cccc4ccccc34)c(C)nn2c1C. The van der Waals surface area contributed by atoms with Crippen LogP contribution in [0.25, 0.3) is 27.5 Å². The summed E-state index contributed by atoms with van der Waals surface area (Å²) in [7, 11) is 1.32. The van der Waals surface area contributed by atoms with Gasteiger partial charge in [-0.2, -0.15) is 5.10 Å². The summed E-state index contributed by atoms with van der Waals surface area (Å²) in [5, 5.41) is 15.2. The van der Waals surface area contributed by atoms with Crippen molar-refractivity contribution in [3.05, 3.63) is 59.5 Å². The number of ether oxygens (including phenoxy) is 1. The minimum absolute atomic E-state index is 0.168. The van der Waals surface area contributed by atoms with Crippen molar-refractivity contribution in [2.45, 2.75) is 13.8 Å². The van der Waals surface area contributed by atoms with E-state index in [9.17, 15) is 4.79 Å². The van der Waals surface area contributed by atoms with Crippen molar-refractivity contribution in [3.8, 4) is 11.1 Å². The number of benzene rings is 2. The third-order valence-corrected chi connectivity index (χ3v) is 4.38. The van der Waals surface area contributed by atoms with E-state index in [0.29, 0.717) is 11.3 Å². The number of methoxy groups -OCH3 is 1. The Balaban J connectivity index is 2.04. The van der Waals surface area contributed by atoms with Crippen molar-refractivity contribution in [1.29, 1.82) is 0 Å². The van der Waals surface area contributed by atoms with Gasteiger partial charge in [0, 0.05) is 0 Å². The van der Waals surface area contributed by atoms with Gasteiger partial charge in [-0.05, 0) is 30.2 Å². The van der Waals surface area contributed by atoms with Gasteiger partial charge in [0.15, 0.2) is 11.3 Å². The first-order valence-electron chi connectivity index (χ1n) is 7.91. The molecule has 0 N–H and O–H groups in total. The number of rotatable bonds is 2. The summed E-state index contributed by atoms with van der Waals surface area (Å²) in [6.45, 7) is 3.72. The predicted molar refractivity (Wildman–Crippen MR) is 94.5 cm³/mol. The van der Waals surface area contributed by atoms with Crippen molar-refractivity contribution in [1.82, 2.24) is 19.8 Å². The number of carbonyl (C=O) groups excluding carboxylic acids is 1. The number of fused-ring (bicyclic) bond motifs is 2. The third-order valence-electron chi connectivity index (χ3n) is 4.38. The van der Waals surface area contributed by atoms with E-state index in [4.69, 9.17) is 4.74 Å². The van der Waals surface area contributed by atoms with Crippen LogP contribution in [0.5, 0.6) is 0 Å². The number of esters is 1. The molecule has 4 aromatic rings. The molecule has 6 heteroatoms. The lowest BCUT2D eigenvalue weighted by Crippen LogP contribution is -2.12. The fourth-order valence-corrected chi connectivity index (χ4v) is 3.16. The highest BCUT2D eigenvalue weighted by atomic mass is 16.5. The molecule has 4 rings (SSSR count). The molecule has 6 nitrogen and oxygen atoms in total. The predicted octanol–water partition coefficient (Wildman–Crippen LogP) is 3.35. The Morgan fingerprint density at radius 1 is 1.04 bits per heavy atom. The lowest BCUT2D eigenvalue weighted by molar-refractivity contribution is 0.0590.